The number of nitrogen functional groups attached to an aromatic ring is 2. The minimum absolute atomic E-state index is 0.145. The molecule has 0 radical (unpaired) electrons. The summed E-state index contributed by atoms with van der Waals surface area (Å²) in [6.45, 7) is 0.470. The zero-order valence-electron chi connectivity index (χ0n) is 17.6. The number of nitrogens with zero attached hydrogens (tertiary/aromatic N) is 3. The number of thiophene rings is 1. The Bertz CT molecular complexity index is 1730. The van der Waals surface area contributed by atoms with Crippen LogP contribution >= 0.6 is 22.9 Å². The molecule has 9 nitrogen and oxygen atoms in total. The van der Waals surface area contributed by atoms with Crippen molar-refractivity contribution >= 4 is 49.9 Å². The summed E-state index contributed by atoms with van der Waals surface area (Å²) < 4.78 is 4.24. The molecule has 2 aromatic carbocycles. The summed E-state index contributed by atoms with van der Waals surface area (Å²) in [4.78, 5) is 35.9. The highest BCUT2D eigenvalue weighted by Crippen LogP contribution is 2.32. The van der Waals surface area contributed by atoms with Crippen LogP contribution in [0.15, 0.2) is 63.8 Å². The summed E-state index contributed by atoms with van der Waals surface area (Å²) in [6.07, 6.45) is 2.89. The summed E-state index contributed by atoms with van der Waals surface area (Å²) >= 11 is 7.80. The predicted octanol–water partition coefficient (Wildman–Crippen LogP) is 2.60. The van der Waals surface area contributed by atoms with E-state index in [1.807, 2.05) is 34.3 Å². The molecule has 172 valence electrons. The minimum Gasteiger partial charge on any atom is -0.481 e. The van der Waals surface area contributed by atoms with Gasteiger partial charge in [0.05, 0.1) is 12.0 Å². The lowest BCUT2D eigenvalue weighted by Crippen LogP contribution is -2.47. The Kier molecular flexibility index (Phi) is 5.18. The van der Waals surface area contributed by atoms with Gasteiger partial charge in [-0.3, -0.25) is 9.59 Å². The minimum atomic E-state index is -0.947. The second-order valence-electron chi connectivity index (χ2n) is 7.89. The number of nitrogens with two attached hydrogens (primary N) is 2. The van der Waals surface area contributed by atoms with Crippen molar-refractivity contribution in [2.24, 2.45) is 0 Å². The average molecular weight is 496 g/mol. The number of aromatic nitrogens is 3. The van der Waals surface area contributed by atoms with Crippen molar-refractivity contribution in [3.05, 3.63) is 91.2 Å². The summed E-state index contributed by atoms with van der Waals surface area (Å²) in [5, 5.41) is 13.8. The fraction of sp³-hybridized carbons (Fsp3) is 0.0870. The Balaban J connectivity index is 1.70. The molecular weight excluding hydrogens is 478 g/mol. The maximum absolute atomic E-state index is 12.6. The number of hydrogen-bond donors (Lipinski definition) is 3. The summed E-state index contributed by atoms with van der Waals surface area (Å²) in [5.74, 6) is 10.3. The lowest BCUT2D eigenvalue weighted by molar-refractivity contribution is -0.136. The van der Waals surface area contributed by atoms with E-state index < -0.39 is 17.2 Å². The first-order valence-corrected chi connectivity index (χ1v) is 11.4. The standard InChI is InChI=1S/C23H18ClN5O4S/c24-15-2-4-20-17(7-15)14(11-34-20)9-27-8-13(6-21(30)31)16-3-1-12(5-19(16)27)18-10-28(25)23(33)29(26)22(18)32/h1-5,7-8,10-11H,6,9,25-26H2,(H,30,31). The van der Waals surface area contributed by atoms with E-state index in [4.69, 9.17) is 23.3 Å². The van der Waals surface area contributed by atoms with Crippen molar-refractivity contribution in [2.75, 3.05) is 11.7 Å². The third kappa shape index (κ3) is 3.62. The molecule has 0 aliphatic carbocycles. The first-order valence-electron chi connectivity index (χ1n) is 10.1. The number of carbonyl (C=O) groups is 1. The van der Waals surface area contributed by atoms with E-state index >= 15 is 0 Å². The molecule has 5 N–H and O–H groups in total. The fourth-order valence-electron chi connectivity index (χ4n) is 4.12. The molecule has 11 heteroatoms. The lowest BCUT2D eigenvalue weighted by Gasteiger charge is -2.09. The quantitative estimate of drug-likeness (QED) is 0.320. The van der Waals surface area contributed by atoms with Gasteiger partial charge in [0.1, 0.15) is 0 Å². The SMILES string of the molecule is Nn1cc(-c2ccc3c(CC(=O)O)cn(Cc4csc5ccc(Cl)cc45)c3c2)c(=O)n(N)c1=O. The van der Waals surface area contributed by atoms with Gasteiger partial charge in [-0.25, -0.2) is 9.47 Å². The van der Waals surface area contributed by atoms with Crippen molar-refractivity contribution in [1.29, 1.82) is 0 Å². The van der Waals surface area contributed by atoms with Crippen LogP contribution in [0, 0.1) is 0 Å². The van der Waals surface area contributed by atoms with E-state index in [0.717, 1.165) is 31.2 Å². The van der Waals surface area contributed by atoms with Crippen LogP contribution in [-0.2, 0) is 17.8 Å². The third-order valence-corrected chi connectivity index (χ3v) is 6.97. The molecule has 0 aliphatic heterocycles. The molecule has 0 saturated heterocycles. The normalized spacial score (nSPS) is 11.4. The van der Waals surface area contributed by atoms with Crippen LogP contribution in [0.2, 0.25) is 5.02 Å². The largest absolute Gasteiger partial charge is 0.481 e. The van der Waals surface area contributed by atoms with E-state index in [9.17, 15) is 19.5 Å². The van der Waals surface area contributed by atoms with Gasteiger partial charge in [0, 0.05) is 39.6 Å². The van der Waals surface area contributed by atoms with Crippen molar-refractivity contribution in [3.8, 4) is 11.1 Å². The number of rotatable bonds is 5. The number of hydrogen-bond acceptors (Lipinski definition) is 6. The number of aliphatic carboxylic acids is 1. The maximum atomic E-state index is 12.6. The first-order chi connectivity index (χ1) is 16.2. The van der Waals surface area contributed by atoms with E-state index in [1.54, 1.807) is 29.5 Å². The molecule has 5 aromatic rings. The fourth-order valence-corrected chi connectivity index (χ4v) is 5.23. The van der Waals surface area contributed by atoms with Crippen LogP contribution < -0.4 is 22.9 Å². The smallest absolute Gasteiger partial charge is 0.368 e. The predicted molar refractivity (Wildman–Crippen MR) is 133 cm³/mol. The third-order valence-electron chi connectivity index (χ3n) is 5.72. The van der Waals surface area contributed by atoms with Crippen LogP contribution in [0.4, 0.5) is 0 Å². The van der Waals surface area contributed by atoms with Gasteiger partial charge in [0.25, 0.3) is 5.56 Å². The molecule has 0 fully saturated rings. The Morgan fingerprint density at radius 3 is 2.59 bits per heavy atom. The summed E-state index contributed by atoms with van der Waals surface area (Å²) in [5.41, 5.74) is 1.52. The molecule has 0 saturated carbocycles. The second-order valence-corrected chi connectivity index (χ2v) is 9.24. The Hall–Kier alpha value is -4.02. The topological polar surface area (TPSA) is 138 Å². The highest BCUT2D eigenvalue weighted by molar-refractivity contribution is 7.17. The molecule has 3 heterocycles. The van der Waals surface area contributed by atoms with E-state index in [2.05, 4.69) is 0 Å². The molecular formula is C23H18ClN5O4S. The van der Waals surface area contributed by atoms with Gasteiger partial charge in [0.2, 0.25) is 0 Å². The van der Waals surface area contributed by atoms with Crippen molar-refractivity contribution in [3.63, 3.8) is 0 Å². The van der Waals surface area contributed by atoms with Gasteiger partial charge in [-0.2, -0.15) is 4.68 Å². The second kappa shape index (κ2) is 8.08. The van der Waals surface area contributed by atoms with Crippen LogP contribution in [0.3, 0.4) is 0 Å². The molecule has 0 atom stereocenters. The zero-order chi connectivity index (χ0) is 24.1. The molecule has 0 amide bonds. The van der Waals surface area contributed by atoms with Gasteiger partial charge in [-0.15, -0.1) is 11.3 Å². The maximum Gasteiger partial charge on any atom is 0.368 e. The molecule has 0 spiro atoms. The van der Waals surface area contributed by atoms with Gasteiger partial charge in [0.15, 0.2) is 0 Å². The van der Waals surface area contributed by atoms with Crippen molar-refractivity contribution in [1.82, 2.24) is 13.9 Å². The molecule has 0 bridgehead atoms. The highest BCUT2D eigenvalue weighted by Gasteiger charge is 2.16. The number of carboxylic acids is 1. The van der Waals surface area contributed by atoms with Crippen molar-refractivity contribution in [2.45, 2.75) is 13.0 Å². The van der Waals surface area contributed by atoms with E-state index in [0.29, 0.717) is 27.4 Å². The van der Waals surface area contributed by atoms with Gasteiger partial charge >= 0.3 is 11.7 Å². The lowest BCUT2D eigenvalue weighted by atomic mass is 10.0. The van der Waals surface area contributed by atoms with Crippen molar-refractivity contribution < 1.29 is 9.90 Å². The van der Waals surface area contributed by atoms with Crippen LogP contribution in [0.25, 0.3) is 32.1 Å². The zero-order valence-corrected chi connectivity index (χ0v) is 19.1. The highest BCUT2D eigenvalue weighted by atomic mass is 35.5. The Morgan fingerprint density at radius 1 is 1.03 bits per heavy atom. The molecule has 5 rings (SSSR count). The number of benzene rings is 2. The van der Waals surface area contributed by atoms with Gasteiger partial charge in [-0.05, 0) is 51.7 Å². The number of fused-ring (bicyclic) bond motifs is 2. The number of carboxylic acid groups (broad SMARTS) is 1. The van der Waals surface area contributed by atoms with Gasteiger partial charge < -0.3 is 21.4 Å². The van der Waals surface area contributed by atoms with Crippen LogP contribution in [-0.4, -0.2) is 25.0 Å². The van der Waals surface area contributed by atoms with Crippen LogP contribution in [0.1, 0.15) is 11.1 Å². The Morgan fingerprint density at radius 2 is 1.82 bits per heavy atom. The molecule has 0 aliphatic rings. The molecule has 3 aromatic heterocycles. The first kappa shape index (κ1) is 21.8. The average Bonchev–Trinajstić information content (AvgIpc) is 3.35. The molecule has 0 unspecified atom stereocenters. The van der Waals surface area contributed by atoms with E-state index in [-0.39, 0.29) is 12.0 Å². The van der Waals surface area contributed by atoms with Gasteiger partial charge in [-0.1, -0.05) is 23.7 Å². The summed E-state index contributed by atoms with van der Waals surface area (Å²) in [6, 6.07) is 10.9. The monoisotopic (exact) mass is 495 g/mol. The number of halogens is 1. The van der Waals surface area contributed by atoms with Crippen LogP contribution in [0.5, 0.6) is 0 Å². The summed E-state index contributed by atoms with van der Waals surface area (Å²) in [7, 11) is 0. The van der Waals surface area contributed by atoms with E-state index in [1.165, 1.54) is 6.20 Å². The Labute approximate surface area is 200 Å². The molecule has 34 heavy (non-hydrogen) atoms.